The van der Waals surface area contributed by atoms with Gasteiger partial charge in [0.1, 0.15) is 0 Å². The Bertz CT molecular complexity index is 591. The van der Waals surface area contributed by atoms with Crippen LogP contribution >= 0.6 is 12.6 Å². The SMILES string of the molecule is CC(C)C(CS)Cn1c(=O)c([N+](=O)[O-])cn(C)c1=O. The maximum atomic E-state index is 11.9. The molecule has 1 unspecified atom stereocenters. The van der Waals surface area contributed by atoms with Gasteiger partial charge in [-0.15, -0.1) is 0 Å². The molecular formula is C11H17N3O4S. The van der Waals surface area contributed by atoms with Gasteiger partial charge in [0.2, 0.25) is 0 Å². The van der Waals surface area contributed by atoms with Gasteiger partial charge in [-0.1, -0.05) is 13.8 Å². The number of hydrogen-bond acceptors (Lipinski definition) is 5. The second kappa shape index (κ2) is 6.05. The fourth-order valence-corrected chi connectivity index (χ4v) is 2.25. The number of nitrogens with zero attached hydrogens (tertiary/aromatic N) is 3. The standard InChI is InChI=1S/C11H17N3O4S/c1-7(2)8(6-19)4-13-10(15)9(14(17)18)5-12(3)11(13)16/h5,7-8,19H,4,6H2,1-3H3. The van der Waals surface area contributed by atoms with E-state index >= 15 is 0 Å². The summed E-state index contributed by atoms with van der Waals surface area (Å²) >= 11 is 4.19. The first kappa shape index (κ1) is 15.5. The van der Waals surface area contributed by atoms with Gasteiger partial charge in [-0.05, 0) is 17.6 Å². The van der Waals surface area contributed by atoms with Crippen LogP contribution in [-0.4, -0.2) is 19.8 Å². The van der Waals surface area contributed by atoms with Crippen molar-refractivity contribution < 1.29 is 4.92 Å². The van der Waals surface area contributed by atoms with Gasteiger partial charge in [0, 0.05) is 13.6 Å². The molecule has 0 aromatic carbocycles. The van der Waals surface area contributed by atoms with E-state index in [1.165, 1.54) is 7.05 Å². The van der Waals surface area contributed by atoms with E-state index in [9.17, 15) is 19.7 Å². The lowest BCUT2D eigenvalue weighted by molar-refractivity contribution is -0.387. The highest BCUT2D eigenvalue weighted by Crippen LogP contribution is 2.14. The van der Waals surface area contributed by atoms with Crippen LogP contribution in [-0.2, 0) is 13.6 Å². The first-order chi connectivity index (χ1) is 8.79. The highest BCUT2D eigenvalue weighted by atomic mass is 32.1. The van der Waals surface area contributed by atoms with Crippen molar-refractivity contribution in [3.8, 4) is 0 Å². The van der Waals surface area contributed by atoms with Gasteiger partial charge in [-0.25, -0.2) is 4.79 Å². The zero-order valence-electron chi connectivity index (χ0n) is 11.1. The molecule has 0 fully saturated rings. The van der Waals surface area contributed by atoms with Crippen molar-refractivity contribution in [1.82, 2.24) is 9.13 Å². The molecule has 0 aliphatic carbocycles. The Hall–Kier alpha value is -1.57. The van der Waals surface area contributed by atoms with Crippen molar-refractivity contribution in [2.45, 2.75) is 20.4 Å². The molecule has 0 spiro atoms. The fraction of sp³-hybridized carbons (Fsp3) is 0.636. The van der Waals surface area contributed by atoms with Crippen LogP contribution in [0.5, 0.6) is 0 Å². The molecule has 0 amide bonds. The number of hydrogen-bond donors (Lipinski definition) is 1. The Balaban J connectivity index is 3.38. The van der Waals surface area contributed by atoms with Gasteiger partial charge in [-0.3, -0.25) is 24.0 Å². The van der Waals surface area contributed by atoms with Crippen LogP contribution in [0.1, 0.15) is 13.8 Å². The highest BCUT2D eigenvalue weighted by molar-refractivity contribution is 7.80. The molecule has 7 nitrogen and oxygen atoms in total. The van der Waals surface area contributed by atoms with Crippen LogP contribution in [0.25, 0.3) is 0 Å². The summed E-state index contributed by atoms with van der Waals surface area (Å²) < 4.78 is 1.97. The van der Waals surface area contributed by atoms with Crippen molar-refractivity contribution in [3.63, 3.8) is 0 Å². The third-order valence-corrected chi connectivity index (χ3v) is 3.57. The Morgan fingerprint density at radius 3 is 2.42 bits per heavy atom. The molecule has 0 saturated carbocycles. The first-order valence-electron chi connectivity index (χ1n) is 5.85. The van der Waals surface area contributed by atoms with E-state index in [0.717, 1.165) is 15.3 Å². The maximum Gasteiger partial charge on any atom is 0.350 e. The third-order valence-electron chi connectivity index (χ3n) is 3.10. The molecule has 106 valence electrons. The molecule has 1 aromatic rings. The minimum Gasteiger partial charge on any atom is -0.297 e. The zero-order chi connectivity index (χ0) is 14.7. The lowest BCUT2D eigenvalue weighted by atomic mass is 9.98. The fourth-order valence-electron chi connectivity index (χ4n) is 1.71. The molecule has 1 heterocycles. The van der Waals surface area contributed by atoms with E-state index in [4.69, 9.17) is 0 Å². The van der Waals surface area contributed by atoms with Crippen molar-refractivity contribution in [3.05, 3.63) is 37.1 Å². The Labute approximate surface area is 115 Å². The Morgan fingerprint density at radius 1 is 1.42 bits per heavy atom. The number of rotatable bonds is 5. The second-order valence-electron chi connectivity index (χ2n) is 4.77. The average molecular weight is 287 g/mol. The van der Waals surface area contributed by atoms with Crippen LogP contribution in [0.3, 0.4) is 0 Å². The summed E-state index contributed by atoms with van der Waals surface area (Å²) in [5.74, 6) is 0.708. The quantitative estimate of drug-likeness (QED) is 0.489. The van der Waals surface area contributed by atoms with Crippen molar-refractivity contribution in [1.29, 1.82) is 0 Å². The second-order valence-corrected chi connectivity index (χ2v) is 5.13. The predicted octanol–water partition coefficient (Wildman–Crippen LogP) is 0.657. The van der Waals surface area contributed by atoms with Crippen LogP contribution in [0.4, 0.5) is 5.69 Å². The molecule has 0 saturated heterocycles. The van der Waals surface area contributed by atoms with Crippen molar-refractivity contribution in [2.24, 2.45) is 18.9 Å². The summed E-state index contributed by atoms with van der Waals surface area (Å²) in [7, 11) is 1.39. The summed E-state index contributed by atoms with van der Waals surface area (Å²) in [5, 5.41) is 10.8. The molecule has 19 heavy (non-hydrogen) atoms. The number of nitro groups is 1. The van der Waals surface area contributed by atoms with Crippen LogP contribution in [0.2, 0.25) is 0 Å². The van der Waals surface area contributed by atoms with Crippen LogP contribution in [0, 0.1) is 22.0 Å². The molecule has 8 heteroatoms. The topological polar surface area (TPSA) is 87.1 Å². The van der Waals surface area contributed by atoms with Crippen LogP contribution < -0.4 is 11.2 Å². The van der Waals surface area contributed by atoms with E-state index in [0.29, 0.717) is 5.75 Å². The minimum atomic E-state index is -0.861. The van der Waals surface area contributed by atoms with Gasteiger partial charge in [0.25, 0.3) is 0 Å². The van der Waals surface area contributed by atoms with Gasteiger partial charge in [0.05, 0.1) is 11.1 Å². The molecule has 1 atom stereocenters. The third kappa shape index (κ3) is 3.25. The summed E-state index contributed by atoms with van der Waals surface area (Å²) in [6.07, 6.45) is 0.951. The lowest BCUT2D eigenvalue weighted by Gasteiger charge is -2.19. The number of aryl methyl sites for hydroxylation is 1. The maximum absolute atomic E-state index is 11.9. The van der Waals surface area contributed by atoms with Crippen molar-refractivity contribution >= 4 is 18.3 Å². The summed E-state index contributed by atoms with van der Waals surface area (Å²) in [4.78, 5) is 33.9. The average Bonchev–Trinajstić information content (AvgIpc) is 2.33. The van der Waals surface area contributed by atoms with E-state index in [-0.39, 0.29) is 18.4 Å². The molecule has 0 aliphatic heterocycles. The van der Waals surface area contributed by atoms with Gasteiger partial charge in [0.15, 0.2) is 0 Å². The number of thiol groups is 1. The van der Waals surface area contributed by atoms with Crippen LogP contribution in [0.15, 0.2) is 15.8 Å². The molecular weight excluding hydrogens is 270 g/mol. The number of aromatic nitrogens is 2. The smallest absolute Gasteiger partial charge is 0.297 e. The van der Waals surface area contributed by atoms with Gasteiger partial charge in [-0.2, -0.15) is 12.6 Å². The van der Waals surface area contributed by atoms with E-state index < -0.39 is 21.9 Å². The summed E-state index contributed by atoms with van der Waals surface area (Å²) in [6.45, 7) is 4.04. The molecule has 1 aromatic heterocycles. The van der Waals surface area contributed by atoms with Gasteiger partial charge >= 0.3 is 16.9 Å². The Kier molecular flexibility index (Phi) is 4.93. The molecule has 0 bridgehead atoms. The summed E-state index contributed by atoms with van der Waals surface area (Å²) in [6, 6.07) is 0. The Morgan fingerprint density at radius 2 is 2.00 bits per heavy atom. The monoisotopic (exact) mass is 287 g/mol. The zero-order valence-corrected chi connectivity index (χ0v) is 12.0. The van der Waals surface area contributed by atoms with E-state index in [2.05, 4.69) is 12.6 Å². The normalized spacial score (nSPS) is 12.7. The molecule has 1 rings (SSSR count). The molecule has 0 aliphatic rings. The molecule has 0 radical (unpaired) electrons. The van der Waals surface area contributed by atoms with Gasteiger partial charge < -0.3 is 0 Å². The highest BCUT2D eigenvalue weighted by Gasteiger charge is 2.21. The summed E-state index contributed by atoms with van der Waals surface area (Å²) in [5.41, 5.74) is -2.01. The minimum absolute atomic E-state index is 0.00395. The van der Waals surface area contributed by atoms with E-state index in [1.54, 1.807) is 0 Å². The largest absolute Gasteiger partial charge is 0.350 e. The first-order valence-corrected chi connectivity index (χ1v) is 6.48. The van der Waals surface area contributed by atoms with E-state index in [1.807, 2.05) is 13.8 Å². The lowest BCUT2D eigenvalue weighted by Crippen LogP contribution is -2.42. The van der Waals surface area contributed by atoms with Crippen molar-refractivity contribution in [2.75, 3.05) is 5.75 Å². The molecule has 0 N–H and O–H groups in total. The predicted molar refractivity (Wildman–Crippen MR) is 74.8 cm³/mol.